The fourth-order valence-electron chi connectivity index (χ4n) is 3.24. The molecule has 2 N–H and O–H groups in total. The van der Waals surface area contributed by atoms with Crippen LogP contribution >= 0.6 is 0 Å². The number of hydrogen-bond acceptors (Lipinski definition) is 2. The number of carboxylic acids is 1. The Balaban J connectivity index is 1.95. The fourth-order valence-corrected chi connectivity index (χ4v) is 3.24. The number of amides is 1. The van der Waals surface area contributed by atoms with Gasteiger partial charge in [-0.1, -0.05) is 54.1 Å². The van der Waals surface area contributed by atoms with Crippen molar-refractivity contribution in [3.63, 3.8) is 0 Å². The molecule has 1 amide bonds. The van der Waals surface area contributed by atoms with Crippen LogP contribution in [0.25, 0.3) is 11.1 Å². The van der Waals surface area contributed by atoms with Gasteiger partial charge in [0, 0.05) is 0 Å². The lowest BCUT2D eigenvalue weighted by Crippen LogP contribution is -2.43. The highest BCUT2D eigenvalue weighted by atomic mass is 16.4. The molecular formula is C20H19NO3. The second kappa shape index (κ2) is 6.32. The number of rotatable bonds is 5. The van der Waals surface area contributed by atoms with Gasteiger partial charge in [-0.3, -0.25) is 4.79 Å². The first kappa shape index (κ1) is 16.0. The molecule has 4 heteroatoms. The monoisotopic (exact) mass is 321 g/mol. The van der Waals surface area contributed by atoms with Crippen LogP contribution in [0.5, 0.6) is 0 Å². The van der Waals surface area contributed by atoms with Gasteiger partial charge in [-0.25, -0.2) is 4.79 Å². The Morgan fingerprint density at radius 3 is 2.04 bits per heavy atom. The average molecular weight is 321 g/mol. The van der Waals surface area contributed by atoms with Gasteiger partial charge in [0.1, 0.15) is 6.04 Å². The van der Waals surface area contributed by atoms with E-state index < -0.39 is 17.9 Å². The molecule has 1 aliphatic carbocycles. The van der Waals surface area contributed by atoms with E-state index in [9.17, 15) is 14.7 Å². The predicted octanol–water partition coefficient (Wildman–Crippen LogP) is 3.33. The lowest BCUT2D eigenvalue weighted by Gasteiger charge is -2.19. The van der Waals surface area contributed by atoms with Gasteiger partial charge >= 0.3 is 5.97 Å². The van der Waals surface area contributed by atoms with E-state index in [1.54, 1.807) is 6.92 Å². The van der Waals surface area contributed by atoms with Crippen molar-refractivity contribution in [3.8, 4) is 11.1 Å². The van der Waals surface area contributed by atoms with Crippen LogP contribution in [0, 0.1) is 0 Å². The lowest BCUT2D eigenvalue weighted by molar-refractivity contribution is -0.141. The Labute approximate surface area is 140 Å². The summed E-state index contributed by atoms with van der Waals surface area (Å²) in [4.78, 5) is 24.3. The molecule has 4 nitrogen and oxygen atoms in total. The normalized spacial score (nSPS) is 13.7. The summed E-state index contributed by atoms with van der Waals surface area (Å²) >= 11 is 0. The molecule has 122 valence electrons. The molecule has 2 aromatic carbocycles. The third-order valence-electron chi connectivity index (χ3n) is 4.26. The molecule has 0 spiro atoms. The van der Waals surface area contributed by atoms with E-state index in [0.717, 1.165) is 27.8 Å². The van der Waals surface area contributed by atoms with Gasteiger partial charge in [0.05, 0.1) is 5.92 Å². The van der Waals surface area contributed by atoms with Crippen LogP contribution < -0.4 is 5.32 Å². The molecule has 3 rings (SSSR count). The topological polar surface area (TPSA) is 66.4 Å². The zero-order chi connectivity index (χ0) is 17.3. The maximum absolute atomic E-state index is 12.9. The maximum atomic E-state index is 12.9. The third-order valence-corrected chi connectivity index (χ3v) is 4.26. The van der Waals surface area contributed by atoms with Gasteiger partial charge in [0.15, 0.2) is 0 Å². The summed E-state index contributed by atoms with van der Waals surface area (Å²) in [7, 11) is 0. The largest absolute Gasteiger partial charge is 0.480 e. The van der Waals surface area contributed by atoms with Crippen molar-refractivity contribution in [1.82, 2.24) is 5.32 Å². The Morgan fingerprint density at radius 1 is 1.08 bits per heavy atom. The van der Waals surface area contributed by atoms with Crippen LogP contribution in [0.3, 0.4) is 0 Å². The van der Waals surface area contributed by atoms with Gasteiger partial charge in [-0.05, 0) is 35.6 Å². The highest BCUT2D eigenvalue weighted by molar-refractivity contribution is 5.97. The van der Waals surface area contributed by atoms with Gasteiger partial charge in [0.2, 0.25) is 5.91 Å². The van der Waals surface area contributed by atoms with E-state index in [0.29, 0.717) is 0 Å². The zero-order valence-corrected chi connectivity index (χ0v) is 13.5. The number of hydrogen-bond donors (Lipinski definition) is 2. The highest BCUT2D eigenvalue weighted by Gasteiger charge is 2.35. The molecular weight excluding hydrogens is 302 g/mol. The van der Waals surface area contributed by atoms with E-state index in [1.807, 2.05) is 48.5 Å². The third kappa shape index (κ3) is 2.83. The number of carboxylic acid groups (broad SMARTS) is 1. The second-order valence-corrected chi connectivity index (χ2v) is 6.17. The van der Waals surface area contributed by atoms with Crippen molar-refractivity contribution in [3.05, 3.63) is 71.8 Å². The number of carbonyl (C=O) groups excluding carboxylic acids is 1. The number of nitrogens with one attached hydrogen (secondary N) is 1. The SMILES string of the molecule is C=C(C)C[C@H](NC(=O)C1c2ccccc2-c2ccccc21)C(=O)O. The van der Waals surface area contributed by atoms with E-state index in [4.69, 9.17) is 0 Å². The molecule has 0 radical (unpaired) electrons. The van der Waals surface area contributed by atoms with Crippen molar-refractivity contribution < 1.29 is 14.7 Å². The van der Waals surface area contributed by atoms with Gasteiger partial charge in [-0.2, -0.15) is 0 Å². The van der Waals surface area contributed by atoms with E-state index in [1.165, 1.54) is 0 Å². The Bertz CT molecular complexity index is 780. The molecule has 2 aromatic rings. The van der Waals surface area contributed by atoms with Crippen LogP contribution in [-0.4, -0.2) is 23.0 Å². The van der Waals surface area contributed by atoms with Crippen LogP contribution in [0.15, 0.2) is 60.7 Å². The first-order chi connectivity index (χ1) is 11.5. The molecule has 24 heavy (non-hydrogen) atoms. The van der Waals surface area contributed by atoms with Crippen LogP contribution in [-0.2, 0) is 9.59 Å². The van der Waals surface area contributed by atoms with Gasteiger partial charge < -0.3 is 10.4 Å². The first-order valence-corrected chi connectivity index (χ1v) is 7.85. The minimum absolute atomic E-state index is 0.219. The van der Waals surface area contributed by atoms with Crippen LogP contribution in [0.1, 0.15) is 30.4 Å². The summed E-state index contributed by atoms with van der Waals surface area (Å²) in [6.45, 7) is 5.49. The minimum Gasteiger partial charge on any atom is -0.480 e. The summed E-state index contributed by atoms with van der Waals surface area (Å²) in [5, 5.41) is 12.0. The molecule has 0 heterocycles. The molecule has 0 aromatic heterocycles. The van der Waals surface area contributed by atoms with E-state index in [2.05, 4.69) is 11.9 Å². The smallest absolute Gasteiger partial charge is 0.326 e. The quantitative estimate of drug-likeness (QED) is 0.830. The summed E-state index contributed by atoms with van der Waals surface area (Å²) in [5.41, 5.74) is 4.60. The van der Waals surface area contributed by atoms with Crippen LogP contribution in [0.4, 0.5) is 0 Å². The van der Waals surface area contributed by atoms with Crippen LogP contribution in [0.2, 0.25) is 0 Å². The first-order valence-electron chi connectivity index (χ1n) is 7.85. The van der Waals surface area contributed by atoms with Gasteiger partial charge in [0.25, 0.3) is 0 Å². The second-order valence-electron chi connectivity index (χ2n) is 6.17. The average Bonchev–Trinajstić information content (AvgIpc) is 2.88. The van der Waals surface area contributed by atoms with Gasteiger partial charge in [-0.15, -0.1) is 6.58 Å². The highest BCUT2D eigenvalue weighted by Crippen LogP contribution is 2.44. The Morgan fingerprint density at radius 2 is 1.58 bits per heavy atom. The van der Waals surface area contributed by atoms with Crippen molar-refractivity contribution >= 4 is 11.9 Å². The maximum Gasteiger partial charge on any atom is 0.326 e. The summed E-state index contributed by atoms with van der Waals surface area (Å²) < 4.78 is 0. The standard InChI is InChI=1S/C20H19NO3/c1-12(2)11-17(20(23)24)21-19(22)18-15-9-5-3-7-13(15)14-8-4-6-10-16(14)18/h3-10,17-18H,1,11H2,2H3,(H,21,22)(H,23,24)/t17-/m0/s1. The number of benzene rings is 2. The summed E-state index contributed by atoms with van der Waals surface area (Å²) in [5.74, 6) is -1.82. The molecule has 0 fully saturated rings. The predicted molar refractivity (Wildman–Crippen MR) is 92.7 cm³/mol. The van der Waals surface area contributed by atoms with Crippen molar-refractivity contribution in [2.75, 3.05) is 0 Å². The van der Waals surface area contributed by atoms with Crippen molar-refractivity contribution in [2.24, 2.45) is 0 Å². The fraction of sp³-hybridized carbons (Fsp3) is 0.200. The summed E-state index contributed by atoms with van der Waals surface area (Å²) in [6.07, 6.45) is 0.219. The molecule has 0 aliphatic heterocycles. The number of fused-ring (bicyclic) bond motifs is 3. The molecule has 0 bridgehead atoms. The molecule has 0 saturated carbocycles. The molecule has 0 saturated heterocycles. The van der Waals surface area contributed by atoms with E-state index in [-0.39, 0.29) is 12.3 Å². The molecule has 1 atom stereocenters. The minimum atomic E-state index is -1.05. The molecule has 1 aliphatic rings. The van der Waals surface area contributed by atoms with E-state index >= 15 is 0 Å². The van der Waals surface area contributed by atoms with Crippen molar-refractivity contribution in [1.29, 1.82) is 0 Å². The lowest BCUT2D eigenvalue weighted by atomic mass is 9.95. The Hall–Kier alpha value is -2.88. The molecule has 0 unspecified atom stereocenters. The number of carbonyl (C=O) groups is 2. The number of aliphatic carboxylic acids is 1. The van der Waals surface area contributed by atoms with Crippen molar-refractivity contribution in [2.45, 2.75) is 25.3 Å². The zero-order valence-electron chi connectivity index (χ0n) is 13.5. The summed E-state index contributed by atoms with van der Waals surface area (Å²) in [6, 6.07) is 14.5. The Kier molecular flexibility index (Phi) is 4.21.